The van der Waals surface area contributed by atoms with Gasteiger partial charge >= 0.3 is 0 Å². The van der Waals surface area contributed by atoms with Gasteiger partial charge in [-0.1, -0.05) is 29.8 Å². The molecule has 0 aliphatic heterocycles. The highest BCUT2D eigenvalue weighted by Gasteiger charge is 2.09. The van der Waals surface area contributed by atoms with Crippen molar-refractivity contribution < 1.29 is 9.53 Å². The highest BCUT2D eigenvalue weighted by Crippen LogP contribution is 2.21. The first kappa shape index (κ1) is 22.1. The van der Waals surface area contributed by atoms with Gasteiger partial charge in [0.2, 0.25) is 0 Å². The zero-order valence-electron chi connectivity index (χ0n) is 18.0. The Labute approximate surface area is 186 Å². The average Bonchev–Trinajstić information content (AvgIpc) is 2.97. The molecule has 6 heteroatoms. The number of halogens is 1. The van der Waals surface area contributed by atoms with Crippen LogP contribution in [-0.4, -0.2) is 22.2 Å². The van der Waals surface area contributed by atoms with E-state index in [0.717, 1.165) is 45.7 Å². The highest BCUT2D eigenvalue weighted by atomic mass is 79.9. The maximum absolute atomic E-state index is 12.5. The summed E-state index contributed by atoms with van der Waals surface area (Å²) in [5.74, 6) is 0.796. The molecular weight excluding hydrogens is 442 g/mol. The zero-order valence-corrected chi connectivity index (χ0v) is 19.5. The minimum atomic E-state index is -0.0714. The third-order valence-electron chi connectivity index (χ3n) is 5.04. The van der Waals surface area contributed by atoms with Crippen molar-refractivity contribution in [1.82, 2.24) is 15.1 Å². The molecule has 0 unspecified atom stereocenters. The third kappa shape index (κ3) is 5.51. The lowest BCUT2D eigenvalue weighted by Gasteiger charge is -2.11. The summed E-state index contributed by atoms with van der Waals surface area (Å²) in [4.78, 5) is 12.5. The van der Waals surface area contributed by atoms with Crippen molar-refractivity contribution in [2.75, 3.05) is 6.54 Å². The first-order chi connectivity index (χ1) is 14.3. The van der Waals surface area contributed by atoms with Crippen molar-refractivity contribution in [1.29, 1.82) is 0 Å². The van der Waals surface area contributed by atoms with Crippen LogP contribution >= 0.6 is 15.9 Å². The standard InChI is InChI=1S/C24H28BrN3O2/c1-16-9-10-22(17(2)13-16)30-15-20-7-5-8-21(14-20)24(29)26-11-6-12-28-19(4)23(25)18(3)27-28/h5,7-10,13-14H,6,11-12,15H2,1-4H3,(H,26,29). The quantitative estimate of drug-likeness (QED) is 0.456. The van der Waals surface area contributed by atoms with Crippen LogP contribution in [0.15, 0.2) is 46.9 Å². The molecule has 0 aliphatic rings. The van der Waals surface area contributed by atoms with E-state index in [1.807, 2.05) is 61.9 Å². The largest absolute Gasteiger partial charge is 0.489 e. The number of carbonyl (C=O) groups excluding carboxylic acids is 1. The van der Waals surface area contributed by atoms with Gasteiger partial charge in [0, 0.05) is 24.3 Å². The van der Waals surface area contributed by atoms with Gasteiger partial charge in [-0.15, -0.1) is 0 Å². The van der Waals surface area contributed by atoms with Gasteiger partial charge in [-0.2, -0.15) is 5.10 Å². The van der Waals surface area contributed by atoms with Crippen LogP contribution in [0.4, 0.5) is 0 Å². The van der Waals surface area contributed by atoms with E-state index < -0.39 is 0 Å². The van der Waals surface area contributed by atoms with Crippen molar-refractivity contribution in [3.8, 4) is 5.75 Å². The number of hydrogen-bond acceptors (Lipinski definition) is 3. The SMILES string of the molecule is Cc1ccc(OCc2cccc(C(=O)NCCCn3nc(C)c(Br)c3C)c2)c(C)c1. The van der Waals surface area contributed by atoms with Crippen LogP contribution in [0.25, 0.3) is 0 Å². The molecule has 0 saturated heterocycles. The topological polar surface area (TPSA) is 56.1 Å². The van der Waals surface area contributed by atoms with Crippen LogP contribution in [0.3, 0.4) is 0 Å². The van der Waals surface area contributed by atoms with Gasteiger partial charge in [0.1, 0.15) is 12.4 Å². The lowest BCUT2D eigenvalue weighted by Crippen LogP contribution is -2.25. The smallest absolute Gasteiger partial charge is 0.251 e. The number of benzene rings is 2. The molecule has 3 aromatic rings. The van der Waals surface area contributed by atoms with Crippen LogP contribution < -0.4 is 10.1 Å². The van der Waals surface area contributed by atoms with Gasteiger partial charge in [-0.3, -0.25) is 9.48 Å². The molecule has 1 N–H and O–H groups in total. The van der Waals surface area contributed by atoms with E-state index in [9.17, 15) is 4.79 Å². The summed E-state index contributed by atoms with van der Waals surface area (Å²) in [5.41, 5.74) is 6.02. The second-order valence-electron chi connectivity index (χ2n) is 7.58. The molecule has 158 valence electrons. The molecule has 0 bridgehead atoms. The maximum atomic E-state index is 12.5. The second-order valence-corrected chi connectivity index (χ2v) is 8.37. The van der Waals surface area contributed by atoms with E-state index in [2.05, 4.69) is 39.3 Å². The number of hydrogen-bond donors (Lipinski definition) is 1. The van der Waals surface area contributed by atoms with Crippen LogP contribution in [-0.2, 0) is 13.2 Å². The number of ether oxygens (including phenoxy) is 1. The molecule has 2 aromatic carbocycles. The van der Waals surface area contributed by atoms with Gasteiger partial charge in [0.25, 0.3) is 5.91 Å². The molecule has 0 radical (unpaired) electrons. The minimum Gasteiger partial charge on any atom is -0.489 e. The molecule has 0 saturated carbocycles. The van der Waals surface area contributed by atoms with Gasteiger partial charge in [0.05, 0.1) is 10.2 Å². The van der Waals surface area contributed by atoms with Gasteiger partial charge in [-0.05, 0) is 79.4 Å². The minimum absolute atomic E-state index is 0.0714. The van der Waals surface area contributed by atoms with E-state index in [0.29, 0.717) is 18.7 Å². The fraction of sp³-hybridized carbons (Fsp3) is 0.333. The number of nitrogens with one attached hydrogen (secondary N) is 1. The molecule has 1 amide bonds. The van der Waals surface area contributed by atoms with Crippen molar-refractivity contribution in [3.05, 3.63) is 80.6 Å². The van der Waals surface area contributed by atoms with Crippen molar-refractivity contribution in [2.45, 2.75) is 47.3 Å². The Hall–Kier alpha value is -2.60. The van der Waals surface area contributed by atoms with Gasteiger partial charge < -0.3 is 10.1 Å². The molecule has 1 aromatic heterocycles. The summed E-state index contributed by atoms with van der Waals surface area (Å²) in [6.07, 6.45) is 0.815. The molecule has 1 heterocycles. The van der Waals surface area contributed by atoms with Crippen LogP contribution in [0.5, 0.6) is 5.75 Å². The molecule has 0 atom stereocenters. The first-order valence-electron chi connectivity index (χ1n) is 10.1. The predicted molar refractivity (Wildman–Crippen MR) is 123 cm³/mol. The van der Waals surface area contributed by atoms with E-state index >= 15 is 0 Å². The lowest BCUT2D eigenvalue weighted by atomic mass is 10.1. The van der Waals surface area contributed by atoms with E-state index in [-0.39, 0.29) is 5.91 Å². The van der Waals surface area contributed by atoms with Crippen molar-refractivity contribution in [3.63, 3.8) is 0 Å². The van der Waals surface area contributed by atoms with E-state index in [4.69, 9.17) is 4.74 Å². The van der Waals surface area contributed by atoms with Gasteiger partial charge in [0.15, 0.2) is 0 Å². The molecule has 5 nitrogen and oxygen atoms in total. The Kier molecular flexibility index (Phi) is 7.32. The number of aryl methyl sites for hydroxylation is 4. The Bertz CT molecular complexity index is 1040. The number of aromatic nitrogens is 2. The zero-order chi connectivity index (χ0) is 21.7. The lowest BCUT2D eigenvalue weighted by molar-refractivity contribution is 0.0952. The molecule has 0 aliphatic carbocycles. The Morgan fingerprint density at radius 2 is 1.93 bits per heavy atom. The normalized spacial score (nSPS) is 10.8. The van der Waals surface area contributed by atoms with Gasteiger partial charge in [-0.25, -0.2) is 0 Å². The molecule has 0 spiro atoms. The highest BCUT2D eigenvalue weighted by molar-refractivity contribution is 9.10. The summed E-state index contributed by atoms with van der Waals surface area (Å²) in [6, 6.07) is 13.7. The van der Waals surface area contributed by atoms with Crippen LogP contribution in [0, 0.1) is 27.7 Å². The summed E-state index contributed by atoms with van der Waals surface area (Å²) in [7, 11) is 0. The Balaban J connectivity index is 1.50. The molecule has 3 rings (SSSR count). The van der Waals surface area contributed by atoms with Crippen LogP contribution in [0.2, 0.25) is 0 Å². The van der Waals surface area contributed by atoms with E-state index in [1.165, 1.54) is 5.56 Å². The van der Waals surface area contributed by atoms with Crippen molar-refractivity contribution >= 4 is 21.8 Å². The molecular formula is C24H28BrN3O2. The number of amides is 1. The molecule has 0 fully saturated rings. The fourth-order valence-electron chi connectivity index (χ4n) is 3.35. The fourth-order valence-corrected chi connectivity index (χ4v) is 3.63. The number of nitrogens with zero attached hydrogens (tertiary/aromatic N) is 2. The van der Waals surface area contributed by atoms with E-state index in [1.54, 1.807) is 0 Å². The Morgan fingerprint density at radius 1 is 1.13 bits per heavy atom. The first-order valence-corrected chi connectivity index (χ1v) is 10.9. The maximum Gasteiger partial charge on any atom is 0.251 e. The summed E-state index contributed by atoms with van der Waals surface area (Å²) < 4.78 is 8.95. The monoisotopic (exact) mass is 469 g/mol. The summed E-state index contributed by atoms with van der Waals surface area (Å²) in [6.45, 7) is 9.91. The Morgan fingerprint density at radius 3 is 2.63 bits per heavy atom. The summed E-state index contributed by atoms with van der Waals surface area (Å²) >= 11 is 3.54. The van der Waals surface area contributed by atoms with Crippen molar-refractivity contribution in [2.24, 2.45) is 0 Å². The predicted octanol–water partition coefficient (Wildman–Crippen LogP) is 5.28. The van der Waals surface area contributed by atoms with Crippen LogP contribution in [0.1, 0.15) is 44.9 Å². The third-order valence-corrected chi connectivity index (χ3v) is 6.19. The number of carbonyl (C=O) groups is 1. The summed E-state index contributed by atoms with van der Waals surface area (Å²) in [5, 5.41) is 7.49. The molecule has 30 heavy (non-hydrogen) atoms. The average molecular weight is 470 g/mol. The second kappa shape index (κ2) is 9.94. The number of rotatable bonds is 8.